The number of aryl methyl sites for hydroxylation is 3. The number of hydrogen-bond donors (Lipinski definition) is 10. The molecule has 17 nitrogen and oxygen atoms in total. The minimum atomic E-state index is 0. The maximum Gasteiger partial charge on any atom is 0.219 e. The highest BCUT2D eigenvalue weighted by molar-refractivity contribution is 5.86. The maximum absolute atomic E-state index is 11.1. The number of nitrogens with two attached hydrogens (primary N) is 4. The lowest BCUT2D eigenvalue weighted by Crippen LogP contribution is -2.24. The van der Waals surface area contributed by atoms with Crippen LogP contribution in [-0.2, 0) is 81.0 Å². The molecule has 0 spiro atoms. The van der Waals surface area contributed by atoms with Gasteiger partial charge in [0.1, 0.15) is 49.4 Å². The van der Waals surface area contributed by atoms with Crippen LogP contribution in [0.3, 0.4) is 0 Å². The van der Waals surface area contributed by atoms with Crippen molar-refractivity contribution in [2.75, 3.05) is 39.3 Å². The molecular formula is C101H129N11O6. The lowest BCUT2D eigenvalue weighted by Gasteiger charge is -2.12. The fourth-order valence-electron chi connectivity index (χ4n) is 14.7. The second kappa shape index (κ2) is 46.9. The van der Waals surface area contributed by atoms with Crippen molar-refractivity contribution >= 4 is 72.3 Å². The topological polar surface area (TPSA) is 275 Å². The van der Waals surface area contributed by atoms with E-state index in [0.717, 1.165) is 149 Å². The Morgan fingerprint density at radius 2 is 0.814 bits per heavy atom. The summed E-state index contributed by atoms with van der Waals surface area (Å²) in [6, 6.07) is 60.9. The number of benzene rings is 8. The molecular weight excluding hydrogens is 1460 g/mol. The number of nitrogens with zero attached hydrogens (tertiary/aromatic N) is 1. The van der Waals surface area contributed by atoms with Crippen LogP contribution in [0.2, 0.25) is 0 Å². The molecule has 0 saturated heterocycles. The molecule has 0 aliphatic heterocycles. The molecule has 3 aliphatic rings. The zero-order chi connectivity index (χ0) is 78.8. The van der Waals surface area contributed by atoms with Crippen molar-refractivity contribution < 1.29 is 28.5 Å². The summed E-state index contributed by atoms with van der Waals surface area (Å²) in [5, 5.41) is 9.47. The molecule has 13 aromatic rings. The van der Waals surface area contributed by atoms with Crippen molar-refractivity contribution in [3.8, 4) is 23.0 Å². The predicted molar refractivity (Wildman–Crippen MR) is 496 cm³/mol. The molecule has 17 heteroatoms. The third-order valence-electron chi connectivity index (χ3n) is 20.7. The molecule has 0 fully saturated rings. The number of hydrogen-bond acceptors (Lipinski definition) is 11. The summed E-state index contributed by atoms with van der Waals surface area (Å²) in [5.41, 5.74) is 52.2. The van der Waals surface area contributed by atoms with E-state index < -0.39 is 0 Å². The summed E-state index contributed by atoms with van der Waals surface area (Å²) in [4.78, 5) is 39.3. The average molecular weight is 1590 g/mol. The van der Waals surface area contributed by atoms with Crippen LogP contribution in [0.1, 0.15) is 179 Å². The fourth-order valence-corrected chi connectivity index (χ4v) is 14.7. The number of rotatable bonds is 29. The molecule has 8 aromatic carbocycles. The van der Waals surface area contributed by atoms with Crippen LogP contribution >= 0.6 is 0 Å². The Kier molecular flexibility index (Phi) is 37.1. The van der Waals surface area contributed by atoms with E-state index in [4.69, 9.17) is 41.9 Å². The van der Waals surface area contributed by atoms with Gasteiger partial charge < -0.3 is 72.5 Å². The lowest BCUT2D eigenvalue weighted by atomic mass is 10.0. The number of allylic oxidation sites excluding steroid dienone is 3. The highest BCUT2D eigenvalue weighted by Gasteiger charge is 2.19. The molecule has 118 heavy (non-hydrogen) atoms. The average Bonchev–Trinajstić information content (AvgIpc) is 1.68. The molecule has 0 atom stereocenters. The molecule has 5 heterocycles. The van der Waals surface area contributed by atoms with E-state index in [1.807, 2.05) is 56.6 Å². The first kappa shape index (κ1) is 93.4. The number of aromatic amines is 4. The number of amides is 2. The largest absolute Gasteiger partial charge is 0.489 e. The summed E-state index contributed by atoms with van der Waals surface area (Å²) in [6.45, 7) is 15.9. The number of ether oxygens (including phenoxy) is 4. The normalized spacial score (nSPS) is 11.7. The van der Waals surface area contributed by atoms with Gasteiger partial charge in [-0.2, -0.15) is 0 Å². The first-order valence-electron chi connectivity index (χ1n) is 39.9. The van der Waals surface area contributed by atoms with Gasteiger partial charge in [0.05, 0.1) is 11.0 Å². The van der Waals surface area contributed by atoms with Gasteiger partial charge in [-0.15, -0.1) is 0 Å². The van der Waals surface area contributed by atoms with Crippen molar-refractivity contribution in [2.45, 2.75) is 175 Å². The second-order valence-corrected chi connectivity index (χ2v) is 29.0. The molecule has 0 bridgehead atoms. The Morgan fingerprint density at radius 3 is 1.31 bits per heavy atom. The van der Waals surface area contributed by atoms with Crippen LogP contribution in [0.15, 0.2) is 219 Å². The Hall–Kier alpha value is -11.7. The van der Waals surface area contributed by atoms with Gasteiger partial charge in [-0.25, -0.2) is 0 Å². The number of fused-ring (bicyclic) bond motifs is 7. The molecule has 0 saturated carbocycles. The van der Waals surface area contributed by atoms with E-state index in [9.17, 15) is 9.59 Å². The maximum atomic E-state index is 11.1. The summed E-state index contributed by atoms with van der Waals surface area (Å²) in [7, 11) is 0. The first-order chi connectivity index (χ1) is 55.2. The molecule has 16 rings (SSSR count). The van der Waals surface area contributed by atoms with Crippen LogP contribution in [0.5, 0.6) is 23.0 Å². The number of nitrogens with one attached hydrogen (secondary N) is 6. The minimum absolute atomic E-state index is 0. The molecule has 0 unspecified atom stereocenters. The van der Waals surface area contributed by atoms with Crippen molar-refractivity contribution in [3.63, 3.8) is 0 Å². The van der Waals surface area contributed by atoms with Gasteiger partial charge >= 0.3 is 0 Å². The van der Waals surface area contributed by atoms with Gasteiger partial charge in [0.15, 0.2) is 0 Å². The number of carbonyl (C=O) groups is 2. The Labute approximate surface area is 700 Å². The summed E-state index contributed by atoms with van der Waals surface area (Å²) in [5.74, 6) is 3.70. The minimum Gasteiger partial charge on any atom is -0.489 e. The molecule has 0 radical (unpaired) electrons. The predicted octanol–water partition coefficient (Wildman–Crippen LogP) is 20.9. The summed E-state index contributed by atoms with van der Waals surface area (Å²) < 4.78 is 24.4. The third-order valence-corrected chi connectivity index (χ3v) is 20.7. The third kappa shape index (κ3) is 25.4. The Balaban J connectivity index is 0.000000213. The van der Waals surface area contributed by atoms with Gasteiger partial charge in [0.25, 0.3) is 0 Å². The van der Waals surface area contributed by atoms with Crippen LogP contribution in [0, 0.1) is 13.8 Å². The number of para-hydroxylation sites is 1. The van der Waals surface area contributed by atoms with E-state index in [1.54, 1.807) is 0 Å². The number of H-pyrrole nitrogens is 4. The number of carbonyl (C=O) groups excluding carboxylic acids is 2. The fraction of sp³-hybridized carbons (Fsp3) is 0.317. The van der Waals surface area contributed by atoms with Crippen LogP contribution < -0.4 is 52.5 Å². The van der Waals surface area contributed by atoms with E-state index in [0.29, 0.717) is 72.1 Å². The van der Waals surface area contributed by atoms with Crippen molar-refractivity contribution in [1.29, 1.82) is 0 Å². The molecule has 2 amide bonds. The van der Waals surface area contributed by atoms with Gasteiger partial charge in [0, 0.05) is 89.6 Å². The Morgan fingerprint density at radius 1 is 0.398 bits per heavy atom. The standard InChI is InChI=1S/2C30H32N2O2.C13H16N2O.C12H15N3O.C11H14N2.5CH4/c1-2-3-25-18-32-30-13-12-27(17-29(25)30)34-20-22-6-4-21(5-7-22)19-33-26-11-10-23-8-9-24(14-15-31)28(23)16-26;31-14-12-25-6-4-23-8-10-27(17-29(23)25)33-19-21-2-1-3-22(16-21)20-34-28-11-9-24-5-7-26(13-15-32)30(24)18-28;1-2-13(16)14-8-7-10-9-15-12-6-4-3-5-11(10)12;1-8-3-4-11-12(15-8)10(7-14-11)5-6-13-9(2)16;1-8-2-3-11-10(6-8)9(4-5-12)7-13-11;;;;;/h4-7,9-13,16-18,32H,2-3,8,14-15,19-20,31H2,1H3;1-3,6-11,16-18H,4-5,12-15,19-20,31-32H2;3-6,9,15H,2,7-8H2,1H3,(H,14,16);3-4,7,14H,5-6H2,1-2H3,(H,13,16);2-3,6-7,13H,4-5,12H2,1H3;5*1H4. The molecule has 624 valence electrons. The Bertz CT molecular complexity index is 5350. The van der Waals surface area contributed by atoms with Crippen LogP contribution in [0.4, 0.5) is 0 Å². The second-order valence-electron chi connectivity index (χ2n) is 29.0. The monoisotopic (exact) mass is 1590 g/mol. The quantitative estimate of drug-likeness (QED) is 0.0210. The van der Waals surface area contributed by atoms with Gasteiger partial charge in [-0.1, -0.05) is 166 Å². The summed E-state index contributed by atoms with van der Waals surface area (Å²) >= 11 is 0. The van der Waals surface area contributed by atoms with Crippen LogP contribution in [-0.4, -0.2) is 76.0 Å². The molecule has 14 N–H and O–H groups in total. The summed E-state index contributed by atoms with van der Waals surface area (Å²) in [6.07, 6.45) is 26.1. The number of aromatic nitrogens is 5. The van der Waals surface area contributed by atoms with Crippen LogP contribution in [0.25, 0.3) is 60.5 Å². The lowest BCUT2D eigenvalue weighted by molar-refractivity contribution is -0.121. The van der Waals surface area contributed by atoms with E-state index >= 15 is 0 Å². The smallest absolute Gasteiger partial charge is 0.219 e. The van der Waals surface area contributed by atoms with Gasteiger partial charge in [-0.05, 0) is 290 Å². The first-order valence-corrected chi connectivity index (χ1v) is 39.9. The van der Waals surface area contributed by atoms with E-state index in [1.165, 1.54) is 101 Å². The number of pyridine rings is 1. The van der Waals surface area contributed by atoms with Gasteiger partial charge in [0.2, 0.25) is 11.8 Å². The highest BCUT2D eigenvalue weighted by atomic mass is 16.5. The highest BCUT2D eigenvalue weighted by Crippen LogP contribution is 2.36. The van der Waals surface area contributed by atoms with Crippen molar-refractivity contribution in [2.24, 2.45) is 22.9 Å². The molecule has 5 aromatic heterocycles. The van der Waals surface area contributed by atoms with E-state index in [-0.39, 0.29) is 48.9 Å². The van der Waals surface area contributed by atoms with Crippen molar-refractivity contribution in [3.05, 3.63) is 308 Å². The zero-order valence-electron chi connectivity index (χ0n) is 66.0. The molecule has 3 aliphatic carbocycles. The zero-order valence-corrected chi connectivity index (χ0v) is 66.0. The van der Waals surface area contributed by atoms with Gasteiger partial charge in [-0.3, -0.25) is 14.6 Å². The van der Waals surface area contributed by atoms with E-state index in [2.05, 4.69) is 226 Å². The van der Waals surface area contributed by atoms with Crippen molar-refractivity contribution in [1.82, 2.24) is 35.6 Å². The SMILES string of the molecule is C.C.C.C.C.CC(=O)NCCc1c[nH]c2ccc(C)nc12.CCC(=O)NCCc1c[nH]c2ccccc12.CCCc1c[nH]c2ccc(OCc3ccc(COc4ccc5c(c4)C(CCN)=CC5)cc3)cc12.Cc1ccc2[nH]cc(CCN)c2c1.NCCC1=CCc2ccc(OCc3cccc(COc4ccc5c(c4)C(CCN)=CC5)c3)cc21.